The molecule has 38 heavy (non-hydrogen) atoms. The van der Waals surface area contributed by atoms with Crippen LogP contribution in [0.4, 0.5) is 0 Å². The predicted octanol–water partition coefficient (Wildman–Crippen LogP) is 3.98. The van der Waals surface area contributed by atoms with Gasteiger partial charge in [-0.1, -0.05) is 12.1 Å². The number of ether oxygens (including phenoxy) is 1. The van der Waals surface area contributed by atoms with E-state index in [4.69, 9.17) is 9.72 Å². The van der Waals surface area contributed by atoms with Gasteiger partial charge in [0.1, 0.15) is 0 Å². The molecule has 1 atom stereocenters. The smallest absolute Gasteiger partial charge is 0.175 e. The van der Waals surface area contributed by atoms with E-state index in [0.717, 1.165) is 62.4 Å². The molecule has 2 aromatic heterocycles. The average molecular weight is 535 g/mol. The van der Waals surface area contributed by atoms with Gasteiger partial charge in [0.2, 0.25) is 0 Å². The van der Waals surface area contributed by atoms with Crippen LogP contribution in [0.15, 0.2) is 53.7 Å². The Labute approximate surface area is 224 Å². The second-order valence-corrected chi connectivity index (χ2v) is 12.3. The molecule has 0 radical (unpaired) electrons. The first-order valence-corrected chi connectivity index (χ1v) is 14.9. The van der Waals surface area contributed by atoms with Crippen LogP contribution in [0.25, 0.3) is 11.3 Å². The fourth-order valence-electron chi connectivity index (χ4n) is 5.37. The summed E-state index contributed by atoms with van der Waals surface area (Å²) in [4.78, 5) is 20.7. The summed E-state index contributed by atoms with van der Waals surface area (Å²) in [6.45, 7) is 7.55. The Bertz CT molecular complexity index is 1470. The number of benzene rings is 1. The third-order valence-corrected chi connectivity index (χ3v) is 8.61. The van der Waals surface area contributed by atoms with E-state index in [1.807, 2.05) is 6.20 Å². The first-order valence-electron chi connectivity index (χ1n) is 13.1. The molecule has 1 unspecified atom stereocenters. The van der Waals surface area contributed by atoms with Crippen LogP contribution in [0.1, 0.15) is 52.1 Å². The van der Waals surface area contributed by atoms with Gasteiger partial charge in [0.05, 0.1) is 40.7 Å². The van der Waals surface area contributed by atoms with E-state index in [1.54, 1.807) is 42.1 Å². The van der Waals surface area contributed by atoms with Crippen LogP contribution in [0, 0.1) is 13.8 Å². The molecular weight excluding hydrogens is 500 g/mol. The summed E-state index contributed by atoms with van der Waals surface area (Å²) in [5.41, 5.74) is 6.16. The SMILES string of the molecule is Cc1cc(CC(=O)c2cn(-c3ccc(S(C)(=O)=O)cc3)nc2C)cnc1C1=CCC(N2CCOCC2)CC1. The van der Waals surface area contributed by atoms with Crippen molar-refractivity contribution in [2.75, 3.05) is 32.6 Å². The van der Waals surface area contributed by atoms with E-state index in [1.165, 1.54) is 11.8 Å². The van der Waals surface area contributed by atoms with Gasteiger partial charge in [0.25, 0.3) is 0 Å². The van der Waals surface area contributed by atoms with E-state index in [-0.39, 0.29) is 17.1 Å². The number of rotatable bonds is 7. The highest BCUT2D eigenvalue weighted by molar-refractivity contribution is 7.90. The molecule has 3 aromatic rings. The lowest BCUT2D eigenvalue weighted by Crippen LogP contribution is -2.43. The maximum atomic E-state index is 13.2. The molecule has 0 bridgehead atoms. The van der Waals surface area contributed by atoms with Gasteiger partial charge in [-0.15, -0.1) is 0 Å². The number of pyridine rings is 1. The van der Waals surface area contributed by atoms with Crippen molar-refractivity contribution >= 4 is 21.2 Å². The second kappa shape index (κ2) is 10.9. The summed E-state index contributed by atoms with van der Waals surface area (Å²) in [6.07, 6.45) is 10.5. The molecule has 8 nitrogen and oxygen atoms in total. The Morgan fingerprint density at radius 1 is 1.13 bits per heavy atom. The Morgan fingerprint density at radius 2 is 1.87 bits per heavy atom. The van der Waals surface area contributed by atoms with Gasteiger partial charge in [-0.3, -0.25) is 14.7 Å². The number of carbonyl (C=O) groups is 1. The van der Waals surface area contributed by atoms with Gasteiger partial charge in [-0.25, -0.2) is 13.1 Å². The van der Waals surface area contributed by atoms with Crippen LogP contribution >= 0.6 is 0 Å². The minimum Gasteiger partial charge on any atom is -0.379 e. The third-order valence-electron chi connectivity index (χ3n) is 7.48. The lowest BCUT2D eigenvalue weighted by atomic mass is 9.90. The van der Waals surface area contributed by atoms with Crippen LogP contribution in [0.2, 0.25) is 0 Å². The monoisotopic (exact) mass is 534 g/mol. The molecule has 2 aliphatic rings. The number of aryl methyl sites for hydroxylation is 2. The Balaban J connectivity index is 1.26. The molecule has 0 amide bonds. The molecule has 5 rings (SSSR count). The largest absolute Gasteiger partial charge is 0.379 e. The summed E-state index contributed by atoms with van der Waals surface area (Å²) in [6, 6.07) is 9.12. The Hall–Kier alpha value is -3.14. The molecule has 1 saturated heterocycles. The number of morpholine rings is 1. The lowest BCUT2D eigenvalue weighted by Gasteiger charge is -2.36. The first-order chi connectivity index (χ1) is 18.2. The van der Waals surface area contributed by atoms with Crippen molar-refractivity contribution in [2.24, 2.45) is 0 Å². The molecule has 0 N–H and O–H groups in total. The number of allylic oxidation sites excluding steroid dienone is 1. The van der Waals surface area contributed by atoms with Crippen molar-refractivity contribution in [1.82, 2.24) is 19.7 Å². The molecule has 1 aromatic carbocycles. The van der Waals surface area contributed by atoms with E-state index in [0.29, 0.717) is 23.0 Å². The number of aromatic nitrogens is 3. The minimum atomic E-state index is -3.27. The van der Waals surface area contributed by atoms with Crippen LogP contribution < -0.4 is 0 Å². The van der Waals surface area contributed by atoms with Gasteiger partial charge in [-0.05, 0) is 74.1 Å². The van der Waals surface area contributed by atoms with Crippen molar-refractivity contribution in [3.8, 4) is 5.69 Å². The Morgan fingerprint density at radius 3 is 2.50 bits per heavy atom. The van der Waals surface area contributed by atoms with Crippen LogP contribution in [0.5, 0.6) is 0 Å². The second-order valence-electron chi connectivity index (χ2n) is 10.3. The van der Waals surface area contributed by atoms with Crippen LogP contribution in [-0.2, 0) is 21.0 Å². The molecule has 0 spiro atoms. The van der Waals surface area contributed by atoms with Crippen molar-refractivity contribution in [2.45, 2.75) is 50.5 Å². The Kier molecular flexibility index (Phi) is 7.61. The highest BCUT2D eigenvalue weighted by atomic mass is 32.2. The zero-order chi connectivity index (χ0) is 26.9. The zero-order valence-corrected chi connectivity index (χ0v) is 23.0. The fraction of sp³-hybridized carbons (Fsp3) is 0.414. The quantitative estimate of drug-likeness (QED) is 0.423. The van der Waals surface area contributed by atoms with Gasteiger partial charge < -0.3 is 4.74 Å². The number of hydrogen-bond donors (Lipinski definition) is 0. The van der Waals surface area contributed by atoms with Crippen molar-refractivity contribution in [1.29, 1.82) is 0 Å². The summed E-state index contributed by atoms with van der Waals surface area (Å²) in [5.74, 6) is -0.0271. The van der Waals surface area contributed by atoms with E-state index >= 15 is 0 Å². The molecule has 0 saturated carbocycles. The van der Waals surface area contributed by atoms with Gasteiger partial charge in [0.15, 0.2) is 15.6 Å². The molecule has 1 aliphatic heterocycles. The lowest BCUT2D eigenvalue weighted by molar-refractivity contribution is 0.0150. The number of sulfone groups is 1. The highest BCUT2D eigenvalue weighted by Gasteiger charge is 2.24. The van der Waals surface area contributed by atoms with Crippen molar-refractivity contribution in [3.63, 3.8) is 0 Å². The summed E-state index contributed by atoms with van der Waals surface area (Å²) >= 11 is 0. The fourth-order valence-corrected chi connectivity index (χ4v) is 6.00. The number of nitrogens with zero attached hydrogens (tertiary/aromatic N) is 4. The number of Topliss-reactive ketones (excluding diaryl/α,β-unsaturated/α-hetero) is 1. The summed E-state index contributed by atoms with van der Waals surface area (Å²) in [7, 11) is -3.27. The zero-order valence-electron chi connectivity index (χ0n) is 22.2. The van der Waals surface area contributed by atoms with E-state index in [2.05, 4.69) is 29.1 Å². The van der Waals surface area contributed by atoms with Gasteiger partial charge in [-0.2, -0.15) is 5.10 Å². The molecule has 1 fully saturated rings. The van der Waals surface area contributed by atoms with Crippen LogP contribution in [0.3, 0.4) is 0 Å². The summed E-state index contributed by atoms with van der Waals surface area (Å²) in [5, 5.41) is 4.48. The summed E-state index contributed by atoms with van der Waals surface area (Å²) < 4.78 is 30.6. The molecular formula is C29H34N4O4S. The van der Waals surface area contributed by atoms with Crippen LogP contribution in [-0.4, -0.2) is 72.5 Å². The third kappa shape index (κ3) is 5.80. The van der Waals surface area contributed by atoms with E-state index < -0.39 is 9.84 Å². The molecule has 9 heteroatoms. The standard InChI is InChI=1S/C29H34N4O4S/c1-20-16-22(18-30-29(20)23-4-6-24(7-5-23)32-12-14-37-15-13-32)17-28(34)27-19-33(31-21(27)2)25-8-10-26(11-9-25)38(3,35)36/h4,8-11,16,18-19,24H,5-7,12-15,17H2,1-3H3. The normalized spacial score (nSPS) is 18.8. The maximum absolute atomic E-state index is 13.2. The predicted molar refractivity (Wildman–Crippen MR) is 146 cm³/mol. The van der Waals surface area contributed by atoms with Crippen molar-refractivity contribution < 1.29 is 17.9 Å². The number of hydrogen-bond acceptors (Lipinski definition) is 7. The van der Waals surface area contributed by atoms with Crippen molar-refractivity contribution in [3.05, 3.63) is 76.9 Å². The molecule has 200 valence electrons. The topological polar surface area (TPSA) is 94.4 Å². The number of ketones is 1. The van der Waals surface area contributed by atoms with Gasteiger partial charge >= 0.3 is 0 Å². The average Bonchev–Trinajstić information content (AvgIpc) is 3.31. The minimum absolute atomic E-state index is 0.0271. The van der Waals surface area contributed by atoms with Gasteiger partial charge in [0, 0.05) is 44.2 Å². The van der Waals surface area contributed by atoms with E-state index in [9.17, 15) is 13.2 Å². The molecule has 1 aliphatic carbocycles. The first kappa shape index (κ1) is 26.5. The number of carbonyl (C=O) groups excluding carboxylic acids is 1. The molecule has 3 heterocycles. The highest BCUT2D eigenvalue weighted by Crippen LogP contribution is 2.30. The maximum Gasteiger partial charge on any atom is 0.175 e.